The van der Waals surface area contributed by atoms with Gasteiger partial charge in [-0.1, -0.05) is 32.6 Å². The Hall–Kier alpha value is -0.120. The summed E-state index contributed by atoms with van der Waals surface area (Å²) in [6, 6.07) is 0.627. The van der Waals surface area contributed by atoms with Crippen LogP contribution in [0.3, 0.4) is 0 Å². The molecule has 0 spiro atoms. The molecule has 3 nitrogen and oxygen atoms in total. The average Bonchev–Trinajstić information content (AvgIpc) is 2.47. The fraction of sp³-hybridized carbons (Fsp3) is 1.00. The van der Waals surface area contributed by atoms with Gasteiger partial charge in [-0.05, 0) is 25.2 Å². The topological polar surface area (TPSA) is 32.5 Å². The van der Waals surface area contributed by atoms with Crippen molar-refractivity contribution in [3.63, 3.8) is 0 Å². The minimum atomic E-state index is 0.627. The van der Waals surface area contributed by atoms with Crippen LogP contribution in [-0.2, 0) is 0 Å². The maximum absolute atomic E-state index is 5.92. The van der Waals surface area contributed by atoms with Crippen molar-refractivity contribution in [2.45, 2.75) is 57.9 Å². The maximum atomic E-state index is 5.92. The Labute approximate surface area is 119 Å². The number of hydrogen-bond donors (Lipinski definition) is 1. The highest BCUT2D eigenvalue weighted by Crippen LogP contribution is 2.25. The molecule has 2 rings (SSSR count). The molecule has 1 saturated heterocycles. The molecule has 19 heavy (non-hydrogen) atoms. The highest BCUT2D eigenvalue weighted by atomic mass is 15.3. The summed E-state index contributed by atoms with van der Waals surface area (Å²) in [6.07, 6.45) is 9.87. The molecule has 1 saturated carbocycles. The standard InChI is InChI=1S/C16H33N3/c1-2-6-16(13-17)19-11-9-18(10-12-19)14-15-7-4-3-5-8-15/h15-16H,2-14,17H2,1H3. The van der Waals surface area contributed by atoms with E-state index in [0.29, 0.717) is 6.04 Å². The van der Waals surface area contributed by atoms with E-state index in [2.05, 4.69) is 16.7 Å². The Kier molecular flexibility index (Phi) is 6.62. The lowest BCUT2D eigenvalue weighted by molar-refractivity contribution is 0.0798. The van der Waals surface area contributed by atoms with Crippen molar-refractivity contribution in [3.8, 4) is 0 Å². The Morgan fingerprint density at radius 2 is 1.74 bits per heavy atom. The van der Waals surface area contributed by atoms with Crippen molar-refractivity contribution < 1.29 is 0 Å². The molecule has 1 aliphatic carbocycles. The Bertz CT molecular complexity index is 230. The highest BCUT2D eigenvalue weighted by molar-refractivity contribution is 4.80. The zero-order chi connectivity index (χ0) is 13.5. The molecule has 0 aromatic carbocycles. The van der Waals surface area contributed by atoms with Crippen LogP contribution in [0.15, 0.2) is 0 Å². The molecule has 112 valence electrons. The van der Waals surface area contributed by atoms with Gasteiger partial charge in [0.05, 0.1) is 0 Å². The van der Waals surface area contributed by atoms with Gasteiger partial charge in [0.1, 0.15) is 0 Å². The van der Waals surface area contributed by atoms with Gasteiger partial charge < -0.3 is 10.6 Å². The van der Waals surface area contributed by atoms with Crippen LogP contribution in [0.4, 0.5) is 0 Å². The molecular weight excluding hydrogens is 234 g/mol. The van der Waals surface area contributed by atoms with Gasteiger partial charge in [0.25, 0.3) is 0 Å². The summed E-state index contributed by atoms with van der Waals surface area (Å²) in [5.74, 6) is 0.987. The van der Waals surface area contributed by atoms with Crippen LogP contribution >= 0.6 is 0 Å². The predicted octanol–water partition coefficient (Wildman–Crippen LogP) is 2.31. The highest BCUT2D eigenvalue weighted by Gasteiger charge is 2.24. The number of nitrogens with two attached hydrogens (primary N) is 1. The van der Waals surface area contributed by atoms with E-state index in [-0.39, 0.29) is 0 Å². The molecule has 1 aliphatic heterocycles. The Morgan fingerprint density at radius 3 is 2.32 bits per heavy atom. The van der Waals surface area contributed by atoms with Crippen molar-refractivity contribution in [2.24, 2.45) is 11.7 Å². The van der Waals surface area contributed by atoms with Crippen LogP contribution in [0, 0.1) is 5.92 Å². The first-order valence-corrected chi connectivity index (χ1v) is 8.50. The molecule has 3 heteroatoms. The van der Waals surface area contributed by atoms with E-state index < -0.39 is 0 Å². The van der Waals surface area contributed by atoms with Crippen LogP contribution in [-0.4, -0.2) is 55.1 Å². The van der Waals surface area contributed by atoms with Crippen LogP contribution in [0.5, 0.6) is 0 Å². The minimum Gasteiger partial charge on any atom is -0.329 e. The van der Waals surface area contributed by atoms with Gasteiger partial charge in [0.2, 0.25) is 0 Å². The molecule has 2 fully saturated rings. The summed E-state index contributed by atoms with van der Waals surface area (Å²) in [4.78, 5) is 5.33. The summed E-state index contributed by atoms with van der Waals surface area (Å²) in [7, 11) is 0. The van der Waals surface area contributed by atoms with Crippen LogP contribution in [0.2, 0.25) is 0 Å². The third-order valence-corrected chi connectivity index (χ3v) is 5.06. The second kappa shape index (κ2) is 8.23. The van der Waals surface area contributed by atoms with Gasteiger partial charge >= 0.3 is 0 Å². The van der Waals surface area contributed by atoms with Gasteiger partial charge in [-0.25, -0.2) is 0 Å². The first-order valence-electron chi connectivity index (χ1n) is 8.50. The molecule has 0 bridgehead atoms. The first kappa shape index (κ1) is 15.3. The fourth-order valence-corrected chi connectivity index (χ4v) is 3.83. The number of piperazine rings is 1. The van der Waals surface area contributed by atoms with Gasteiger partial charge in [-0.15, -0.1) is 0 Å². The molecule has 2 N–H and O–H groups in total. The van der Waals surface area contributed by atoms with E-state index in [1.807, 2.05) is 0 Å². The molecule has 2 aliphatic rings. The summed E-state index contributed by atoms with van der Waals surface area (Å²) >= 11 is 0. The molecule has 1 unspecified atom stereocenters. The van der Waals surface area contributed by atoms with Crippen LogP contribution < -0.4 is 5.73 Å². The quantitative estimate of drug-likeness (QED) is 0.801. The van der Waals surface area contributed by atoms with Crippen LogP contribution in [0.25, 0.3) is 0 Å². The molecule has 0 aromatic heterocycles. The molecule has 0 amide bonds. The average molecular weight is 267 g/mol. The van der Waals surface area contributed by atoms with Crippen molar-refractivity contribution in [1.82, 2.24) is 9.80 Å². The fourth-order valence-electron chi connectivity index (χ4n) is 3.83. The first-order chi connectivity index (χ1) is 9.33. The molecule has 1 atom stereocenters. The minimum absolute atomic E-state index is 0.627. The van der Waals surface area contributed by atoms with E-state index in [1.165, 1.54) is 77.7 Å². The summed E-state index contributed by atoms with van der Waals surface area (Å²) in [6.45, 7) is 9.43. The van der Waals surface area contributed by atoms with Crippen molar-refractivity contribution >= 4 is 0 Å². The summed E-state index contributed by atoms with van der Waals surface area (Å²) in [5, 5.41) is 0. The van der Waals surface area contributed by atoms with Crippen molar-refractivity contribution in [3.05, 3.63) is 0 Å². The van der Waals surface area contributed by atoms with E-state index in [0.717, 1.165) is 12.5 Å². The van der Waals surface area contributed by atoms with Crippen molar-refractivity contribution in [2.75, 3.05) is 39.3 Å². The van der Waals surface area contributed by atoms with E-state index in [4.69, 9.17) is 5.73 Å². The van der Waals surface area contributed by atoms with Crippen molar-refractivity contribution in [1.29, 1.82) is 0 Å². The predicted molar refractivity (Wildman–Crippen MR) is 82.3 cm³/mol. The van der Waals surface area contributed by atoms with Crippen LogP contribution in [0.1, 0.15) is 51.9 Å². The third-order valence-electron chi connectivity index (χ3n) is 5.06. The smallest absolute Gasteiger partial charge is 0.0219 e. The number of rotatable bonds is 6. The lowest BCUT2D eigenvalue weighted by atomic mass is 9.89. The molecule has 0 aromatic rings. The van der Waals surface area contributed by atoms with E-state index in [9.17, 15) is 0 Å². The van der Waals surface area contributed by atoms with Gasteiger partial charge in [0, 0.05) is 45.3 Å². The SMILES string of the molecule is CCCC(CN)N1CCN(CC2CCCCC2)CC1. The summed E-state index contributed by atoms with van der Waals surface area (Å²) in [5.41, 5.74) is 5.92. The monoisotopic (exact) mass is 267 g/mol. The lowest BCUT2D eigenvalue weighted by Crippen LogP contribution is -2.53. The summed E-state index contributed by atoms with van der Waals surface area (Å²) < 4.78 is 0. The second-order valence-corrected chi connectivity index (χ2v) is 6.52. The zero-order valence-corrected chi connectivity index (χ0v) is 12.8. The number of nitrogens with zero attached hydrogens (tertiary/aromatic N) is 2. The van der Waals surface area contributed by atoms with E-state index in [1.54, 1.807) is 0 Å². The largest absolute Gasteiger partial charge is 0.329 e. The third kappa shape index (κ3) is 4.73. The Morgan fingerprint density at radius 1 is 1.05 bits per heavy atom. The zero-order valence-electron chi connectivity index (χ0n) is 12.8. The number of hydrogen-bond acceptors (Lipinski definition) is 3. The molecule has 0 radical (unpaired) electrons. The Balaban J connectivity index is 1.69. The van der Waals surface area contributed by atoms with E-state index >= 15 is 0 Å². The van der Waals surface area contributed by atoms with Gasteiger partial charge in [-0.3, -0.25) is 4.90 Å². The maximum Gasteiger partial charge on any atom is 0.0219 e. The normalized spacial score (nSPS) is 25.6. The molecule has 1 heterocycles. The lowest BCUT2D eigenvalue weighted by Gasteiger charge is -2.40. The van der Waals surface area contributed by atoms with Gasteiger partial charge in [-0.2, -0.15) is 0 Å². The molecular formula is C16H33N3. The second-order valence-electron chi connectivity index (χ2n) is 6.52. The van der Waals surface area contributed by atoms with Gasteiger partial charge in [0.15, 0.2) is 0 Å².